The van der Waals surface area contributed by atoms with Gasteiger partial charge in [-0.05, 0) is 19.8 Å². The van der Waals surface area contributed by atoms with Crippen LogP contribution in [0.15, 0.2) is 0 Å². The average molecular weight is 266 g/mol. The first kappa shape index (κ1) is 13.8. The summed E-state index contributed by atoms with van der Waals surface area (Å²) in [6.07, 6.45) is 2.51. The van der Waals surface area contributed by atoms with Gasteiger partial charge in [0.15, 0.2) is 0 Å². The summed E-state index contributed by atoms with van der Waals surface area (Å²) in [5.74, 6) is 1.92. The van der Waals surface area contributed by atoms with E-state index in [1.165, 1.54) is 12.8 Å². The third kappa shape index (κ3) is 3.66. The molecule has 1 aliphatic rings. The molecule has 1 aromatic heterocycles. The summed E-state index contributed by atoms with van der Waals surface area (Å²) in [5, 5.41) is 6.15. The zero-order valence-corrected chi connectivity index (χ0v) is 11.8. The number of ether oxygens (including phenoxy) is 1. The quantitative estimate of drug-likeness (QED) is 0.794. The molecule has 0 saturated carbocycles. The molecule has 7 heteroatoms. The Hall–Kier alpha value is -1.63. The number of nitrogens with one attached hydrogen (secondary N) is 2. The Morgan fingerprint density at radius 1 is 1.21 bits per heavy atom. The van der Waals surface area contributed by atoms with Crippen LogP contribution >= 0.6 is 0 Å². The predicted octanol–water partition coefficient (Wildman–Crippen LogP) is 0.960. The Labute approximate surface area is 113 Å². The Morgan fingerprint density at radius 3 is 2.53 bits per heavy atom. The minimum atomic E-state index is 0.116. The zero-order valence-electron chi connectivity index (χ0n) is 11.8. The Bertz CT molecular complexity index is 407. The highest BCUT2D eigenvalue weighted by Gasteiger charge is 2.17. The smallest absolute Gasteiger partial charge is 0.231 e. The van der Waals surface area contributed by atoms with Crippen LogP contribution in [-0.2, 0) is 4.74 Å². The molecule has 2 N–H and O–H groups in total. The molecule has 0 aliphatic carbocycles. The van der Waals surface area contributed by atoms with E-state index in [0.29, 0.717) is 18.4 Å². The lowest BCUT2D eigenvalue weighted by Gasteiger charge is -2.17. The van der Waals surface area contributed by atoms with Gasteiger partial charge in [-0.25, -0.2) is 0 Å². The van der Waals surface area contributed by atoms with Gasteiger partial charge in [-0.15, -0.1) is 0 Å². The number of methoxy groups -OCH3 is 1. The molecular formula is C12H22N6O. The minimum absolute atomic E-state index is 0.116. The number of hydrogen-bond acceptors (Lipinski definition) is 7. The Balaban J connectivity index is 2.11. The summed E-state index contributed by atoms with van der Waals surface area (Å²) >= 11 is 0. The number of hydrogen-bond donors (Lipinski definition) is 2. The third-order valence-corrected chi connectivity index (χ3v) is 3.19. The van der Waals surface area contributed by atoms with Gasteiger partial charge in [-0.1, -0.05) is 0 Å². The minimum Gasteiger partial charge on any atom is -0.380 e. The number of nitrogens with zero attached hydrogens (tertiary/aromatic N) is 4. The molecular weight excluding hydrogens is 244 g/mol. The fraction of sp³-hybridized carbons (Fsp3) is 0.750. The van der Waals surface area contributed by atoms with Crippen molar-refractivity contribution in [3.05, 3.63) is 0 Å². The van der Waals surface area contributed by atoms with Crippen molar-refractivity contribution in [1.29, 1.82) is 0 Å². The molecule has 2 heterocycles. The summed E-state index contributed by atoms with van der Waals surface area (Å²) in [6, 6.07) is 0. The van der Waals surface area contributed by atoms with Gasteiger partial charge in [0.05, 0.1) is 6.10 Å². The lowest BCUT2D eigenvalue weighted by Crippen LogP contribution is -2.24. The molecule has 1 aliphatic heterocycles. The Kier molecular flexibility index (Phi) is 4.73. The van der Waals surface area contributed by atoms with Gasteiger partial charge in [0.2, 0.25) is 17.8 Å². The van der Waals surface area contributed by atoms with Crippen LogP contribution in [-0.4, -0.2) is 54.8 Å². The van der Waals surface area contributed by atoms with E-state index < -0.39 is 0 Å². The van der Waals surface area contributed by atoms with Crippen molar-refractivity contribution in [2.45, 2.75) is 25.9 Å². The summed E-state index contributed by atoms with van der Waals surface area (Å²) in [4.78, 5) is 15.4. The highest BCUT2D eigenvalue weighted by atomic mass is 16.5. The van der Waals surface area contributed by atoms with E-state index in [2.05, 4.69) is 30.5 Å². The van der Waals surface area contributed by atoms with Crippen LogP contribution in [0, 0.1) is 0 Å². The van der Waals surface area contributed by atoms with Gasteiger partial charge >= 0.3 is 0 Å². The van der Waals surface area contributed by atoms with Crippen LogP contribution in [0.4, 0.5) is 17.8 Å². The summed E-state index contributed by atoms with van der Waals surface area (Å²) in [6.45, 7) is 4.69. The normalized spacial score (nSPS) is 16.5. The van der Waals surface area contributed by atoms with E-state index in [4.69, 9.17) is 4.74 Å². The fourth-order valence-electron chi connectivity index (χ4n) is 1.93. The van der Waals surface area contributed by atoms with E-state index in [1.807, 2.05) is 14.0 Å². The molecule has 0 aromatic carbocycles. The Morgan fingerprint density at radius 2 is 1.89 bits per heavy atom. The molecule has 2 rings (SSSR count). The molecule has 0 radical (unpaired) electrons. The van der Waals surface area contributed by atoms with E-state index in [-0.39, 0.29) is 6.10 Å². The second kappa shape index (κ2) is 6.51. The van der Waals surface area contributed by atoms with Crippen LogP contribution in [0.5, 0.6) is 0 Å². The van der Waals surface area contributed by atoms with Crippen molar-refractivity contribution in [1.82, 2.24) is 15.0 Å². The summed E-state index contributed by atoms with van der Waals surface area (Å²) < 4.78 is 5.20. The van der Waals surface area contributed by atoms with E-state index in [1.54, 1.807) is 7.11 Å². The first-order valence-electron chi connectivity index (χ1n) is 6.68. The van der Waals surface area contributed by atoms with Gasteiger partial charge < -0.3 is 20.3 Å². The van der Waals surface area contributed by atoms with Crippen molar-refractivity contribution >= 4 is 17.8 Å². The molecule has 19 heavy (non-hydrogen) atoms. The van der Waals surface area contributed by atoms with Gasteiger partial charge in [-0.2, -0.15) is 15.0 Å². The van der Waals surface area contributed by atoms with Crippen LogP contribution in [0.2, 0.25) is 0 Å². The molecule has 0 amide bonds. The molecule has 0 bridgehead atoms. The highest BCUT2D eigenvalue weighted by molar-refractivity contribution is 5.44. The van der Waals surface area contributed by atoms with Crippen molar-refractivity contribution in [3.63, 3.8) is 0 Å². The maximum atomic E-state index is 5.20. The van der Waals surface area contributed by atoms with Crippen molar-refractivity contribution < 1.29 is 4.74 Å². The molecule has 1 aromatic rings. The average Bonchev–Trinajstić information content (AvgIpc) is 2.98. The van der Waals surface area contributed by atoms with Gasteiger partial charge in [0.25, 0.3) is 0 Å². The van der Waals surface area contributed by atoms with Gasteiger partial charge in [0, 0.05) is 33.8 Å². The third-order valence-electron chi connectivity index (χ3n) is 3.19. The maximum absolute atomic E-state index is 5.20. The number of anilines is 3. The largest absolute Gasteiger partial charge is 0.380 e. The van der Waals surface area contributed by atoms with Crippen molar-refractivity contribution in [2.24, 2.45) is 0 Å². The topological polar surface area (TPSA) is 75.2 Å². The SMILES string of the molecule is CNc1nc(NCC(C)OC)nc(N2CCCC2)n1. The molecule has 106 valence electrons. The van der Waals surface area contributed by atoms with E-state index >= 15 is 0 Å². The van der Waals surface area contributed by atoms with Crippen LogP contribution in [0.3, 0.4) is 0 Å². The van der Waals surface area contributed by atoms with E-state index in [0.717, 1.165) is 19.0 Å². The first-order chi connectivity index (χ1) is 9.22. The summed E-state index contributed by atoms with van der Waals surface area (Å²) in [5.41, 5.74) is 0. The van der Waals surface area contributed by atoms with E-state index in [9.17, 15) is 0 Å². The second-order valence-corrected chi connectivity index (χ2v) is 4.65. The second-order valence-electron chi connectivity index (χ2n) is 4.65. The number of aromatic nitrogens is 3. The fourth-order valence-corrected chi connectivity index (χ4v) is 1.93. The van der Waals surface area contributed by atoms with Crippen LogP contribution < -0.4 is 15.5 Å². The molecule has 0 spiro atoms. The lowest BCUT2D eigenvalue weighted by molar-refractivity contribution is 0.128. The van der Waals surface area contributed by atoms with Gasteiger partial charge in [0.1, 0.15) is 0 Å². The summed E-state index contributed by atoms with van der Waals surface area (Å²) in [7, 11) is 3.50. The highest BCUT2D eigenvalue weighted by Crippen LogP contribution is 2.18. The standard InChI is InChI=1S/C12H22N6O/c1-9(19-3)8-14-11-15-10(13-2)16-12(17-11)18-6-4-5-7-18/h9H,4-8H2,1-3H3,(H2,13,14,15,16,17). The predicted molar refractivity (Wildman–Crippen MR) is 75.8 cm³/mol. The zero-order chi connectivity index (χ0) is 13.7. The molecule has 1 atom stereocenters. The van der Waals surface area contributed by atoms with Gasteiger partial charge in [-0.3, -0.25) is 0 Å². The maximum Gasteiger partial charge on any atom is 0.231 e. The van der Waals surface area contributed by atoms with Crippen molar-refractivity contribution in [2.75, 3.05) is 49.3 Å². The van der Waals surface area contributed by atoms with Crippen LogP contribution in [0.25, 0.3) is 0 Å². The number of rotatable bonds is 6. The molecule has 7 nitrogen and oxygen atoms in total. The lowest BCUT2D eigenvalue weighted by atomic mass is 10.4. The molecule has 1 saturated heterocycles. The molecule has 1 fully saturated rings. The monoisotopic (exact) mass is 266 g/mol. The first-order valence-corrected chi connectivity index (χ1v) is 6.68. The van der Waals surface area contributed by atoms with Crippen LogP contribution in [0.1, 0.15) is 19.8 Å². The molecule has 1 unspecified atom stereocenters. The van der Waals surface area contributed by atoms with Crippen molar-refractivity contribution in [3.8, 4) is 0 Å².